The number of likely N-dealkylation sites (tertiary alicyclic amines) is 1. The zero-order valence-electron chi connectivity index (χ0n) is 27.7. The number of carbonyl (C=O) groups excluding carboxylic acids is 1. The van der Waals surface area contributed by atoms with Gasteiger partial charge in [0, 0.05) is 31.5 Å². The quantitative estimate of drug-likeness (QED) is 0.228. The molecule has 0 bridgehead atoms. The number of nitrogens with zero attached hydrogens (tertiary/aromatic N) is 1. The smallest absolute Gasteiger partial charge is 0.155 e. The lowest BCUT2D eigenvalue weighted by Gasteiger charge is -2.48. The van der Waals surface area contributed by atoms with E-state index in [1.54, 1.807) is 11.1 Å². The molecule has 4 aliphatic carbocycles. The van der Waals surface area contributed by atoms with Crippen LogP contribution in [0.4, 0.5) is 0 Å². The second-order valence-electron chi connectivity index (χ2n) is 15.7. The van der Waals surface area contributed by atoms with Crippen molar-refractivity contribution in [1.82, 2.24) is 4.90 Å². The van der Waals surface area contributed by atoms with Gasteiger partial charge in [0.15, 0.2) is 5.78 Å². The number of ketones is 1. The zero-order chi connectivity index (χ0) is 30.5. The summed E-state index contributed by atoms with van der Waals surface area (Å²) >= 11 is 0. The van der Waals surface area contributed by atoms with E-state index in [1.165, 1.54) is 43.2 Å². The maximum atomic E-state index is 12.3. The molecule has 5 heteroatoms. The highest BCUT2D eigenvalue weighted by Crippen LogP contribution is 2.64. The number of hydrogen-bond acceptors (Lipinski definition) is 5. The summed E-state index contributed by atoms with van der Waals surface area (Å²) in [6.45, 7) is 14.6. The van der Waals surface area contributed by atoms with Crippen molar-refractivity contribution in [2.45, 2.75) is 110 Å². The maximum absolute atomic E-state index is 12.3. The first-order chi connectivity index (χ1) is 21.3. The minimum Gasteiger partial charge on any atom is -0.378 e. The fourth-order valence-corrected chi connectivity index (χ4v) is 10.9. The minimum atomic E-state index is -0.0401. The van der Waals surface area contributed by atoms with Crippen LogP contribution in [0.25, 0.3) is 0 Å². The standard InChI is InChI=1S/C39H55NO4/c1-26-20-36-37(40(24-26)16-17-42-18-19-43-25-29-8-6-5-7-9-29)28(3)39(44-36)15-13-32-33-11-10-30-21-31(41)12-14-38(30,4)35(33)22-34(32)27(2)23-39/h5-9,21,26,28,32-33,35-37H,10-20,22-25H2,1-4H3/t26-,28?,32-,33-,35-,36?,37-,38-,39-/m0/s1. The van der Waals surface area contributed by atoms with Crippen molar-refractivity contribution in [1.29, 1.82) is 0 Å². The van der Waals surface area contributed by atoms with Crippen molar-refractivity contribution in [2.75, 3.05) is 32.9 Å². The van der Waals surface area contributed by atoms with Crippen LogP contribution in [0.3, 0.4) is 0 Å². The van der Waals surface area contributed by atoms with E-state index in [9.17, 15) is 4.79 Å². The van der Waals surface area contributed by atoms with E-state index < -0.39 is 0 Å². The summed E-state index contributed by atoms with van der Waals surface area (Å²) < 4.78 is 19.2. The second kappa shape index (κ2) is 12.4. The first kappa shape index (κ1) is 30.8. The summed E-state index contributed by atoms with van der Waals surface area (Å²) in [6, 6.07) is 10.8. The highest BCUT2D eigenvalue weighted by atomic mass is 16.5. The highest BCUT2D eigenvalue weighted by Gasteiger charge is 2.59. The Morgan fingerprint density at radius 3 is 2.68 bits per heavy atom. The Labute approximate surface area is 265 Å². The van der Waals surface area contributed by atoms with Crippen LogP contribution in [-0.4, -0.2) is 61.3 Å². The topological polar surface area (TPSA) is 48.0 Å². The molecule has 2 heterocycles. The summed E-state index contributed by atoms with van der Waals surface area (Å²) in [5.74, 6) is 3.71. The molecule has 2 unspecified atom stereocenters. The van der Waals surface area contributed by atoms with Gasteiger partial charge in [-0.25, -0.2) is 0 Å². The highest BCUT2D eigenvalue weighted by molar-refractivity contribution is 5.91. The van der Waals surface area contributed by atoms with Crippen molar-refractivity contribution in [2.24, 2.45) is 35.0 Å². The Balaban J connectivity index is 0.988. The van der Waals surface area contributed by atoms with Gasteiger partial charge < -0.3 is 14.2 Å². The van der Waals surface area contributed by atoms with Gasteiger partial charge in [-0.05, 0) is 99.0 Å². The molecule has 2 saturated carbocycles. The molecule has 0 aromatic heterocycles. The molecule has 1 aromatic rings. The maximum Gasteiger partial charge on any atom is 0.155 e. The average molecular weight is 602 g/mol. The zero-order valence-corrected chi connectivity index (χ0v) is 27.7. The SMILES string of the molecule is CC1=C2C[C@H]3[C@@H](CCC4=CC(=O)CC[C@@]43C)[C@@H]2CC[C@@]2(C1)OC1C[C@H](C)CN(CCOCCOCc3ccccc3)[C@H]1C2C. The van der Waals surface area contributed by atoms with Gasteiger partial charge in [-0.15, -0.1) is 0 Å². The number of allylic oxidation sites excluding steroid dienone is 3. The number of carbonyl (C=O) groups is 1. The van der Waals surface area contributed by atoms with Gasteiger partial charge in [0.05, 0.1) is 38.1 Å². The number of hydrogen-bond donors (Lipinski definition) is 0. The molecule has 240 valence electrons. The van der Waals surface area contributed by atoms with Crippen LogP contribution in [0.5, 0.6) is 0 Å². The lowest BCUT2D eigenvalue weighted by molar-refractivity contribution is -0.116. The third kappa shape index (κ3) is 5.58. The first-order valence-corrected chi connectivity index (χ1v) is 17.8. The number of ether oxygens (including phenoxy) is 3. The fourth-order valence-electron chi connectivity index (χ4n) is 10.9. The van der Waals surface area contributed by atoms with E-state index in [2.05, 4.69) is 56.9 Å². The van der Waals surface area contributed by atoms with Crippen molar-refractivity contribution in [3.05, 3.63) is 58.7 Å². The molecule has 5 nitrogen and oxygen atoms in total. The van der Waals surface area contributed by atoms with Gasteiger partial charge in [-0.1, -0.05) is 67.8 Å². The summed E-state index contributed by atoms with van der Waals surface area (Å²) in [4.78, 5) is 15.0. The monoisotopic (exact) mass is 601 g/mol. The molecule has 4 fully saturated rings. The minimum absolute atomic E-state index is 0.0401. The molecule has 0 radical (unpaired) electrons. The first-order valence-electron chi connectivity index (χ1n) is 17.8. The normalized spacial score (nSPS) is 40.3. The van der Waals surface area contributed by atoms with Gasteiger partial charge in [-0.3, -0.25) is 9.69 Å². The van der Waals surface area contributed by atoms with E-state index in [-0.39, 0.29) is 11.0 Å². The van der Waals surface area contributed by atoms with E-state index in [1.807, 2.05) is 12.1 Å². The van der Waals surface area contributed by atoms with Crippen molar-refractivity contribution < 1.29 is 19.0 Å². The van der Waals surface area contributed by atoms with Crippen LogP contribution in [0.2, 0.25) is 0 Å². The molecular formula is C39H55NO4. The van der Waals surface area contributed by atoms with Crippen LogP contribution < -0.4 is 0 Å². The Hall–Kier alpha value is -1.79. The molecule has 0 amide bonds. The van der Waals surface area contributed by atoms with Crippen LogP contribution in [-0.2, 0) is 25.6 Å². The predicted octanol–water partition coefficient (Wildman–Crippen LogP) is 7.55. The molecule has 0 N–H and O–H groups in total. The van der Waals surface area contributed by atoms with Gasteiger partial charge >= 0.3 is 0 Å². The van der Waals surface area contributed by atoms with E-state index in [4.69, 9.17) is 14.2 Å². The summed E-state index contributed by atoms with van der Waals surface area (Å²) in [7, 11) is 0. The lowest BCUT2D eigenvalue weighted by Crippen LogP contribution is -2.52. The van der Waals surface area contributed by atoms with Crippen molar-refractivity contribution >= 4 is 5.78 Å². The second-order valence-corrected chi connectivity index (χ2v) is 15.7. The third-order valence-corrected chi connectivity index (χ3v) is 13.2. The van der Waals surface area contributed by atoms with Crippen LogP contribution in [0.15, 0.2) is 53.1 Å². The molecule has 6 aliphatic rings. The molecule has 2 saturated heterocycles. The van der Waals surface area contributed by atoms with E-state index in [0.717, 1.165) is 51.3 Å². The Kier molecular flexibility index (Phi) is 8.71. The third-order valence-electron chi connectivity index (χ3n) is 13.2. The van der Waals surface area contributed by atoms with Crippen molar-refractivity contribution in [3.8, 4) is 0 Å². The lowest BCUT2D eigenvalue weighted by atomic mass is 9.56. The Morgan fingerprint density at radius 1 is 1.02 bits per heavy atom. The Morgan fingerprint density at radius 2 is 1.84 bits per heavy atom. The largest absolute Gasteiger partial charge is 0.378 e. The Bertz CT molecular complexity index is 1270. The fraction of sp³-hybridized carbons (Fsp3) is 0.718. The summed E-state index contributed by atoms with van der Waals surface area (Å²) in [5, 5.41) is 0. The van der Waals surface area contributed by atoms with E-state index in [0.29, 0.717) is 61.4 Å². The van der Waals surface area contributed by atoms with Gasteiger partial charge in [0.1, 0.15) is 0 Å². The number of rotatable bonds is 8. The number of benzene rings is 1. The van der Waals surface area contributed by atoms with Gasteiger partial charge in [-0.2, -0.15) is 0 Å². The molecule has 44 heavy (non-hydrogen) atoms. The number of piperidine rings is 1. The molecule has 1 spiro atoms. The van der Waals surface area contributed by atoms with Gasteiger partial charge in [0.2, 0.25) is 0 Å². The van der Waals surface area contributed by atoms with Gasteiger partial charge in [0.25, 0.3) is 0 Å². The van der Waals surface area contributed by atoms with Crippen LogP contribution in [0, 0.1) is 35.0 Å². The molecule has 2 aliphatic heterocycles. The summed E-state index contributed by atoms with van der Waals surface area (Å²) in [6.07, 6.45) is 12.5. The average Bonchev–Trinajstić information content (AvgIpc) is 3.47. The molecule has 7 rings (SSSR count). The van der Waals surface area contributed by atoms with Crippen LogP contribution in [0.1, 0.15) is 91.0 Å². The van der Waals surface area contributed by atoms with Crippen molar-refractivity contribution in [3.63, 3.8) is 0 Å². The molecular weight excluding hydrogens is 546 g/mol. The van der Waals surface area contributed by atoms with Crippen LogP contribution >= 0.6 is 0 Å². The van der Waals surface area contributed by atoms with E-state index >= 15 is 0 Å². The molecule has 9 atom stereocenters. The predicted molar refractivity (Wildman–Crippen MR) is 174 cm³/mol. The molecule has 1 aromatic carbocycles. The summed E-state index contributed by atoms with van der Waals surface area (Å²) in [5.41, 5.74) is 6.27. The number of fused-ring (bicyclic) bond motifs is 6.